The fraction of sp³-hybridized carbons (Fsp3) is 1.00. The van der Waals surface area contributed by atoms with Crippen LogP contribution in [0.3, 0.4) is 0 Å². The van der Waals surface area contributed by atoms with Crippen LogP contribution in [0.4, 0.5) is 13.2 Å². The Balaban J connectivity index is 2.27. The number of hydrogen-bond acceptors (Lipinski definition) is 2. The first-order valence-electron chi connectivity index (χ1n) is 6.75. The fourth-order valence-electron chi connectivity index (χ4n) is 2.77. The molecule has 18 heavy (non-hydrogen) atoms. The molecule has 0 amide bonds. The summed E-state index contributed by atoms with van der Waals surface area (Å²) >= 11 is 0. The lowest BCUT2D eigenvalue weighted by atomic mass is 9.77. The molecule has 108 valence electrons. The van der Waals surface area contributed by atoms with E-state index >= 15 is 0 Å². The van der Waals surface area contributed by atoms with Gasteiger partial charge < -0.3 is 10.4 Å². The quantitative estimate of drug-likeness (QED) is 0.802. The first-order valence-corrected chi connectivity index (χ1v) is 6.75. The van der Waals surface area contributed by atoms with Crippen LogP contribution in [0.15, 0.2) is 0 Å². The Labute approximate surface area is 107 Å². The van der Waals surface area contributed by atoms with Gasteiger partial charge in [0.2, 0.25) is 0 Å². The number of halogens is 3. The van der Waals surface area contributed by atoms with Crippen molar-refractivity contribution in [3.63, 3.8) is 0 Å². The third-order valence-electron chi connectivity index (χ3n) is 4.08. The second-order valence-corrected chi connectivity index (χ2v) is 5.61. The predicted octanol–water partition coefficient (Wildman–Crippen LogP) is 3.10. The molecule has 1 aliphatic carbocycles. The van der Waals surface area contributed by atoms with Crippen LogP contribution in [-0.2, 0) is 0 Å². The second kappa shape index (κ2) is 6.75. The van der Waals surface area contributed by atoms with Crippen molar-refractivity contribution in [2.75, 3.05) is 7.05 Å². The molecule has 2 unspecified atom stereocenters. The van der Waals surface area contributed by atoms with E-state index in [-0.39, 0.29) is 12.3 Å². The molecule has 0 bridgehead atoms. The molecule has 0 saturated heterocycles. The molecular weight excluding hydrogens is 243 g/mol. The standard InChI is InChI=1S/C13H24F3NO/c1-9(17-2)7-10-3-5-11(6-4-10)8-12(18)13(14,15)16/h9-12,17-18H,3-8H2,1-2H3. The zero-order valence-corrected chi connectivity index (χ0v) is 11.1. The Morgan fingerprint density at radius 1 is 1.11 bits per heavy atom. The Bertz CT molecular complexity index is 237. The van der Waals surface area contributed by atoms with Crippen LogP contribution in [0.25, 0.3) is 0 Å². The SMILES string of the molecule is CNC(C)CC1CCC(CC(O)C(F)(F)F)CC1. The van der Waals surface area contributed by atoms with E-state index in [1.807, 2.05) is 7.05 Å². The Hall–Kier alpha value is -0.290. The van der Waals surface area contributed by atoms with E-state index in [2.05, 4.69) is 12.2 Å². The monoisotopic (exact) mass is 267 g/mol. The summed E-state index contributed by atoms with van der Waals surface area (Å²) in [6.07, 6.45) is -2.04. The van der Waals surface area contributed by atoms with Gasteiger partial charge in [0.05, 0.1) is 0 Å². The predicted molar refractivity (Wildman–Crippen MR) is 65.3 cm³/mol. The molecule has 1 aliphatic rings. The maximum Gasteiger partial charge on any atom is 0.414 e. The number of aliphatic hydroxyl groups excluding tert-OH is 1. The Kier molecular flexibility index (Phi) is 5.92. The van der Waals surface area contributed by atoms with E-state index < -0.39 is 12.3 Å². The largest absolute Gasteiger partial charge is 0.414 e. The molecule has 2 N–H and O–H groups in total. The third-order valence-corrected chi connectivity index (χ3v) is 4.08. The van der Waals surface area contributed by atoms with Crippen molar-refractivity contribution in [1.82, 2.24) is 5.32 Å². The lowest BCUT2D eigenvalue weighted by Crippen LogP contribution is -2.32. The topological polar surface area (TPSA) is 32.3 Å². The van der Waals surface area contributed by atoms with Crippen LogP contribution in [0.1, 0.15) is 45.4 Å². The maximum atomic E-state index is 12.2. The molecule has 0 aromatic rings. The summed E-state index contributed by atoms with van der Waals surface area (Å²) < 4.78 is 36.7. The van der Waals surface area contributed by atoms with Crippen molar-refractivity contribution >= 4 is 0 Å². The van der Waals surface area contributed by atoms with Gasteiger partial charge in [-0.05, 0) is 38.6 Å². The number of hydrogen-bond donors (Lipinski definition) is 2. The molecule has 0 radical (unpaired) electrons. The molecule has 1 rings (SSSR count). The molecule has 0 aromatic carbocycles. The summed E-state index contributed by atoms with van der Waals surface area (Å²) in [6.45, 7) is 2.12. The smallest absolute Gasteiger partial charge is 0.384 e. The van der Waals surface area contributed by atoms with E-state index in [1.165, 1.54) is 0 Å². The van der Waals surface area contributed by atoms with Gasteiger partial charge in [-0.1, -0.05) is 25.7 Å². The molecule has 1 saturated carbocycles. The highest BCUT2D eigenvalue weighted by Gasteiger charge is 2.39. The van der Waals surface area contributed by atoms with Gasteiger partial charge in [0.1, 0.15) is 6.10 Å². The van der Waals surface area contributed by atoms with Crippen LogP contribution < -0.4 is 5.32 Å². The average Bonchev–Trinajstić information content (AvgIpc) is 2.30. The van der Waals surface area contributed by atoms with E-state index in [4.69, 9.17) is 5.11 Å². The lowest BCUT2D eigenvalue weighted by molar-refractivity contribution is -0.209. The van der Waals surface area contributed by atoms with E-state index in [1.54, 1.807) is 0 Å². The lowest BCUT2D eigenvalue weighted by Gasteiger charge is -2.31. The van der Waals surface area contributed by atoms with Gasteiger partial charge in [0, 0.05) is 6.04 Å². The van der Waals surface area contributed by atoms with Crippen molar-refractivity contribution in [2.45, 2.75) is 63.8 Å². The first-order chi connectivity index (χ1) is 8.32. The van der Waals surface area contributed by atoms with E-state index in [9.17, 15) is 13.2 Å². The van der Waals surface area contributed by atoms with Gasteiger partial charge in [0.25, 0.3) is 0 Å². The van der Waals surface area contributed by atoms with Crippen LogP contribution in [0.5, 0.6) is 0 Å². The molecule has 1 fully saturated rings. The highest BCUT2D eigenvalue weighted by atomic mass is 19.4. The number of aliphatic hydroxyl groups is 1. The summed E-state index contributed by atoms with van der Waals surface area (Å²) in [5.41, 5.74) is 0. The van der Waals surface area contributed by atoms with Gasteiger partial charge >= 0.3 is 6.18 Å². The maximum absolute atomic E-state index is 12.2. The van der Waals surface area contributed by atoms with Crippen LogP contribution in [0, 0.1) is 11.8 Å². The minimum Gasteiger partial charge on any atom is -0.384 e. The van der Waals surface area contributed by atoms with Crippen molar-refractivity contribution in [3.05, 3.63) is 0 Å². The van der Waals surface area contributed by atoms with Crippen molar-refractivity contribution in [2.24, 2.45) is 11.8 Å². The van der Waals surface area contributed by atoms with Gasteiger partial charge in [0.15, 0.2) is 0 Å². The molecular formula is C13H24F3NO. The normalized spacial score (nSPS) is 29.0. The average molecular weight is 267 g/mol. The van der Waals surface area contributed by atoms with Gasteiger partial charge in [-0.3, -0.25) is 0 Å². The van der Waals surface area contributed by atoms with E-state index in [0.29, 0.717) is 12.0 Å². The summed E-state index contributed by atoms with van der Waals surface area (Å²) in [4.78, 5) is 0. The van der Waals surface area contributed by atoms with Gasteiger partial charge in [-0.2, -0.15) is 13.2 Å². The van der Waals surface area contributed by atoms with Crippen molar-refractivity contribution < 1.29 is 18.3 Å². The molecule has 2 atom stereocenters. The van der Waals surface area contributed by atoms with E-state index in [0.717, 1.165) is 32.1 Å². The fourth-order valence-corrected chi connectivity index (χ4v) is 2.77. The first kappa shape index (κ1) is 15.8. The molecule has 5 heteroatoms. The zero-order chi connectivity index (χ0) is 13.8. The molecule has 0 spiro atoms. The number of nitrogens with one attached hydrogen (secondary N) is 1. The van der Waals surface area contributed by atoms with Crippen LogP contribution in [0.2, 0.25) is 0 Å². The number of rotatable bonds is 5. The van der Waals surface area contributed by atoms with Crippen LogP contribution >= 0.6 is 0 Å². The highest BCUT2D eigenvalue weighted by Crippen LogP contribution is 2.36. The van der Waals surface area contributed by atoms with Gasteiger partial charge in [-0.15, -0.1) is 0 Å². The summed E-state index contributed by atoms with van der Waals surface area (Å²) in [5, 5.41) is 12.2. The van der Waals surface area contributed by atoms with Crippen molar-refractivity contribution in [1.29, 1.82) is 0 Å². The Morgan fingerprint density at radius 3 is 1.94 bits per heavy atom. The molecule has 0 aliphatic heterocycles. The van der Waals surface area contributed by atoms with Crippen LogP contribution in [-0.4, -0.2) is 30.5 Å². The molecule has 0 heterocycles. The van der Waals surface area contributed by atoms with Crippen molar-refractivity contribution in [3.8, 4) is 0 Å². The zero-order valence-electron chi connectivity index (χ0n) is 11.1. The Morgan fingerprint density at radius 2 is 1.56 bits per heavy atom. The molecule has 0 aromatic heterocycles. The van der Waals surface area contributed by atoms with Gasteiger partial charge in [-0.25, -0.2) is 0 Å². The molecule has 2 nitrogen and oxygen atoms in total. The summed E-state index contributed by atoms with van der Waals surface area (Å²) in [5.74, 6) is 0.648. The second-order valence-electron chi connectivity index (χ2n) is 5.61. The minimum absolute atomic E-state index is 0.0303. The highest BCUT2D eigenvalue weighted by molar-refractivity contribution is 4.78. The summed E-state index contributed by atoms with van der Waals surface area (Å²) in [7, 11) is 1.93. The number of alkyl halides is 3. The summed E-state index contributed by atoms with van der Waals surface area (Å²) in [6, 6.07) is 0.465. The third kappa shape index (κ3) is 5.14. The minimum atomic E-state index is -4.46.